The molecule has 0 saturated carbocycles. The molecule has 0 heterocycles. The van der Waals surface area contributed by atoms with Gasteiger partial charge in [-0.25, -0.2) is 9.59 Å². The zero-order valence-corrected chi connectivity index (χ0v) is 33.7. The number of carbonyl (C=O) groups is 2. The number of aryl methyl sites for hydroxylation is 1. The molecule has 298 valence electrons. The summed E-state index contributed by atoms with van der Waals surface area (Å²) < 4.78 is 0. The minimum Gasteiger partial charge on any atom is -0.477 e. The van der Waals surface area contributed by atoms with Crippen molar-refractivity contribution in [3.05, 3.63) is 220 Å². The number of hydrogen-bond acceptors (Lipinski definition) is 5. The van der Waals surface area contributed by atoms with Crippen LogP contribution in [0.3, 0.4) is 0 Å². The van der Waals surface area contributed by atoms with Gasteiger partial charge in [-0.15, -0.1) is 0 Å². The summed E-state index contributed by atoms with van der Waals surface area (Å²) in [5.74, 6) is -2.49. The van der Waals surface area contributed by atoms with Crippen molar-refractivity contribution in [2.75, 3.05) is 4.90 Å². The predicted octanol–water partition coefficient (Wildman–Crippen LogP) is 13.1. The number of nitriles is 2. The number of aliphatic carboxylic acids is 2. The minimum absolute atomic E-state index is 0.305. The summed E-state index contributed by atoms with van der Waals surface area (Å²) in [7, 11) is 0. The van der Waals surface area contributed by atoms with E-state index in [-0.39, 0.29) is 11.1 Å². The summed E-state index contributed by atoms with van der Waals surface area (Å²) in [5.41, 5.74) is 13.3. The number of rotatable bonds is 13. The van der Waals surface area contributed by atoms with Gasteiger partial charge in [0.25, 0.3) is 0 Å². The van der Waals surface area contributed by atoms with E-state index in [4.69, 9.17) is 20.7 Å². The van der Waals surface area contributed by atoms with Gasteiger partial charge < -0.3 is 15.1 Å². The molecular formula is C55H39N3O4. The van der Waals surface area contributed by atoms with Crippen molar-refractivity contribution in [1.29, 1.82) is 10.5 Å². The lowest BCUT2D eigenvalue weighted by Gasteiger charge is -2.26. The fourth-order valence-electron chi connectivity index (χ4n) is 6.73. The zero-order chi connectivity index (χ0) is 43.4. The largest absolute Gasteiger partial charge is 0.477 e. The molecule has 0 spiro atoms. The maximum Gasteiger partial charge on any atom is 0.346 e. The van der Waals surface area contributed by atoms with Crippen molar-refractivity contribution in [3.8, 4) is 34.4 Å². The van der Waals surface area contributed by atoms with Gasteiger partial charge in [-0.2, -0.15) is 10.5 Å². The van der Waals surface area contributed by atoms with Crippen LogP contribution in [0.5, 0.6) is 0 Å². The quantitative estimate of drug-likeness (QED) is 0.0675. The molecule has 0 amide bonds. The molecule has 7 rings (SSSR count). The molecule has 2 N–H and O–H groups in total. The highest BCUT2D eigenvalue weighted by atomic mass is 16.4. The molecule has 0 aromatic heterocycles. The SMILES string of the molecule is Cc1ccc(N(c2ccc(/C=C/c3ccc(-c4ccc(/C=C(/C#N)C(=O)O)cc4)cc3)cc2)c2ccc(/C=C/c3ccc(-c4ccc(/C=C(/C#N)C(=O)O)cc4)cc3)cc2)cc1. The summed E-state index contributed by atoms with van der Waals surface area (Å²) in [6.07, 6.45) is 11.1. The van der Waals surface area contributed by atoms with Crippen LogP contribution in [-0.4, -0.2) is 22.2 Å². The molecule has 0 atom stereocenters. The summed E-state index contributed by atoms with van der Waals surface area (Å²) in [4.78, 5) is 24.6. The van der Waals surface area contributed by atoms with Crippen LogP contribution < -0.4 is 4.90 Å². The Labute approximate surface area is 360 Å². The lowest BCUT2D eigenvalue weighted by molar-refractivity contribution is -0.133. The van der Waals surface area contributed by atoms with E-state index in [1.54, 1.807) is 36.4 Å². The summed E-state index contributed by atoms with van der Waals surface area (Å²) in [5, 5.41) is 36.3. The number of nitrogens with zero attached hydrogens (tertiary/aromatic N) is 3. The van der Waals surface area contributed by atoms with Crippen LogP contribution in [0.4, 0.5) is 17.1 Å². The maximum atomic E-state index is 11.2. The van der Waals surface area contributed by atoms with Crippen LogP contribution in [0, 0.1) is 29.6 Å². The molecule has 62 heavy (non-hydrogen) atoms. The second kappa shape index (κ2) is 19.3. The Morgan fingerprint density at radius 2 is 0.645 bits per heavy atom. The molecule has 0 unspecified atom stereocenters. The van der Waals surface area contributed by atoms with Gasteiger partial charge >= 0.3 is 11.9 Å². The highest BCUT2D eigenvalue weighted by Gasteiger charge is 2.13. The predicted molar refractivity (Wildman–Crippen MR) is 250 cm³/mol. The molecule has 0 aliphatic carbocycles. The van der Waals surface area contributed by atoms with Gasteiger partial charge in [0.05, 0.1) is 0 Å². The zero-order valence-electron chi connectivity index (χ0n) is 33.7. The number of anilines is 3. The van der Waals surface area contributed by atoms with Crippen LogP contribution in [-0.2, 0) is 9.59 Å². The van der Waals surface area contributed by atoms with E-state index >= 15 is 0 Å². The van der Waals surface area contributed by atoms with E-state index in [0.717, 1.165) is 61.6 Å². The Bertz CT molecular complexity index is 2730. The Hall–Kier alpha value is -8.78. The van der Waals surface area contributed by atoms with Gasteiger partial charge in [0.15, 0.2) is 0 Å². The Kier molecular flexibility index (Phi) is 12.9. The van der Waals surface area contributed by atoms with E-state index < -0.39 is 11.9 Å². The highest BCUT2D eigenvalue weighted by molar-refractivity contribution is 5.97. The summed E-state index contributed by atoms with van der Waals surface area (Å²) >= 11 is 0. The smallest absolute Gasteiger partial charge is 0.346 e. The van der Waals surface area contributed by atoms with Crippen molar-refractivity contribution in [1.82, 2.24) is 0 Å². The molecule has 0 bridgehead atoms. The molecule has 7 heteroatoms. The van der Waals surface area contributed by atoms with Gasteiger partial charge in [0.2, 0.25) is 0 Å². The third kappa shape index (κ3) is 10.4. The monoisotopic (exact) mass is 805 g/mol. The molecule has 0 radical (unpaired) electrons. The van der Waals surface area contributed by atoms with Crippen molar-refractivity contribution in [3.63, 3.8) is 0 Å². The fraction of sp³-hybridized carbons (Fsp3) is 0.0182. The van der Waals surface area contributed by atoms with Crippen LogP contribution in [0.25, 0.3) is 58.7 Å². The van der Waals surface area contributed by atoms with E-state index in [9.17, 15) is 9.59 Å². The molecule has 0 aliphatic heterocycles. The Morgan fingerprint density at radius 1 is 0.403 bits per heavy atom. The van der Waals surface area contributed by atoms with E-state index in [0.29, 0.717) is 11.1 Å². The summed E-state index contributed by atoms with van der Waals surface area (Å²) in [6, 6.07) is 60.2. The first-order valence-corrected chi connectivity index (χ1v) is 19.7. The normalized spacial score (nSPS) is 11.6. The molecule has 0 aliphatic rings. The molecular weight excluding hydrogens is 767 g/mol. The lowest BCUT2D eigenvalue weighted by atomic mass is 10.0. The first-order chi connectivity index (χ1) is 30.1. The minimum atomic E-state index is -1.24. The number of carboxylic acid groups (broad SMARTS) is 2. The molecule has 0 fully saturated rings. The fourth-order valence-corrected chi connectivity index (χ4v) is 6.73. The molecule has 7 aromatic rings. The second-order valence-corrected chi connectivity index (χ2v) is 14.5. The van der Waals surface area contributed by atoms with E-state index in [1.807, 2.05) is 48.5 Å². The third-order valence-corrected chi connectivity index (χ3v) is 10.2. The van der Waals surface area contributed by atoms with Gasteiger partial charge in [-0.3, -0.25) is 0 Å². The topological polar surface area (TPSA) is 125 Å². The first kappa shape index (κ1) is 41.4. The van der Waals surface area contributed by atoms with Gasteiger partial charge in [0, 0.05) is 17.1 Å². The number of benzene rings is 7. The highest BCUT2D eigenvalue weighted by Crippen LogP contribution is 2.35. The van der Waals surface area contributed by atoms with Crippen molar-refractivity contribution >= 4 is 65.5 Å². The summed E-state index contributed by atoms with van der Waals surface area (Å²) in [6.45, 7) is 2.08. The van der Waals surface area contributed by atoms with Gasteiger partial charge in [-0.05, 0) is 111 Å². The first-order valence-electron chi connectivity index (χ1n) is 19.7. The molecule has 7 aromatic carbocycles. The van der Waals surface area contributed by atoms with Crippen LogP contribution in [0.2, 0.25) is 0 Å². The van der Waals surface area contributed by atoms with Crippen LogP contribution in [0.15, 0.2) is 181 Å². The molecule has 0 saturated heterocycles. The Balaban J connectivity index is 1.02. The maximum absolute atomic E-state index is 11.2. The average Bonchev–Trinajstić information content (AvgIpc) is 3.30. The average molecular weight is 806 g/mol. The van der Waals surface area contributed by atoms with Gasteiger partial charge in [0.1, 0.15) is 23.3 Å². The standard InChI is InChI=1S/C55H39N3O4/c1-38-2-28-51(29-3-38)58(52-30-16-41(17-31-52)6-4-39-8-20-45(21-9-39)47-24-12-43(13-25-47)34-49(36-56)54(59)60)53-32-18-42(19-33-53)7-5-40-10-22-46(23-11-40)48-26-14-44(15-27-48)35-50(37-57)55(61)62/h2-35H,1H3,(H,59,60)(H,61,62)/b6-4+,7-5+,49-34-,50-35-. The van der Waals surface area contributed by atoms with Crippen molar-refractivity contribution < 1.29 is 19.8 Å². The van der Waals surface area contributed by atoms with Crippen LogP contribution in [0.1, 0.15) is 38.9 Å². The van der Waals surface area contributed by atoms with Crippen molar-refractivity contribution in [2.45, 2.75) is 6.92 Å². The number of carboxylic acids is 2. The lowest BCUT2D eigenvalue weighted by Crippen LogP contribution is -2.09. The second-order valence-electron chi connectivity index (χ2n) is 14.5. The third-order valence-electron chi connectivity index (χ3n) is 10.2. The Morgan fingerprint density at radius 3 is 0.903 bits per heavy atom. The van der Waals surface area contributed by atoms with Gasteiger partial charge in [-0.1, -0.05) is 163 Å². The van der Waals surface area contributed by atoms with Crippen molar-refractivity contribution in [2.24, 2.45) is 0 Å². The van der Waals surface area contributed by atoms with Crippen LogP contribution >= 0.6 is 0 Å². The molecule has 7 nitrogen and oxygen atoms in total. The number of hydrogen-bond donors (Lipinski definition) is 2. The van der Waals surface area contributed by atoms with E-state index in [2.05, 4.69) is 133 Å². The van der Waals surface area contributed by atoms with E-state index in [1.165, 1.54) is 17.7 Å².